The second-order valence-electron chi connectivity index (χ2n) is 9.91. The number of esters is 1. The standard InChI is InChI=1S/C29H24N4O4S/c1-2-29(36)19-13-22-24-17(14-33(22)26(34)18(19)15-37-27(29)35)25-23-20(30-24)9-6-10-21(23)31-28(38)32(25)12-11-16-7-4-3-5-8-16/h3-10,13,36H,2,11-12,14-15H2,1H3,(H,31,38)/t29-/m0/s1. The summed E-state index contributed by atoms with van der Waals surface area (Å²) in [5, 5.41) is 16.1. The molecular formula is C29H24N4O4S. The second-order valence-corrected chi connectivity index (χ2v) is 10.3. The first-order chi connectivity index (χ1) is 18.4. The van der Waals surface area contributed by atoms with Crippen LogP contribution in [0.25, 0.3) is 22.3 Å². The van der Waals surface area contributed by atoms with E-state index in [2.05, 4.69) is 22.3 Å². The molecule has 0 unspecified atom stereocenters. The summed E-state index contributed by atoms with van der Waals surface area (Å²) in [6, 6.07) is 17.8. The number of nitrogens with one attached hydrogen (secondary N) is 1. The number of fused-ring (bicyclic) bond motifs is 5. The number of benzene rings is 2. The number of anilines is 2. The van der Waals surface area contributed by atoms with Crippen molar-refractivity contribution in [3.8, 4) is 11.4 Å². The third-order valence-corrected chi connectivity index (χ3v) is 8.23. The zero-order valence-electron chi connectivity index (χ0n) is 20.7. The molecule has 190 valence electrons. The van der Waals surface area contributed by atoms with Gasteiger partial charge in [0.2, 0.25) is 0 Å². The molecule has 2 N–H and O–H groups in total. The average molecular weight is 525 g/mol. The Labute approximate surface area is 223 Å². The van der Waals surface area contributed by atoms with Gasteiger partial charge < -0.3 is 24.6 Å². The number of thiocarbonyl (C=S) groups is 1. The Kier molecular flexibility index (Phi) is 4.98. The van der Waals surface area contributed by atoms with Crippen LogP contribution >= 0.6 is 12.2 Å². The highest BCUT2D eigenvalue weighted by atomic mass is 32.1. The van der Waals surface area contributed by atoms with Gasteiger partial charge in [-0.15, -0.1) is 0 Å². The van der Waals surface area contributed by atoms with Gasteiger partial charge in [0, 0.05) is 23.1 Å². The molecule has 0 spiro atoms. The lowest BCUT2D eigenvalue weighted by molar-refractivity contribution is -0.172. The number of aromatic nitrogens is 2. The quantitative estimate of drug-likeness (QED) is 0.271. The smallest absolute Gasteiger partial charge is 0.343 e. The lowest BCUT2D eigenvalue weighted by atomic mass is 9.86. The molecule has 8 nitrogen and oxygen atoms in total. The first-order valence-electron chi connectivity index (χ1n) is 12.7. The Morgan fingerprint density at radius 3 is 2.74 bits per heavy atom. The third-order valence-electron chi connectivity index (χ3n) is 7.91. The van der Waals surface area contributed by atoms with Crippen LogP contribution in [0.15, 0.2) is 59.4 Å². The second kappa shape index (κ2) is 8.21. The molecule has 0 bridgehead atoms. The van der Waals surface area contributed by atoms with Gasteiger partial charge in [0.05, 0.1) is 40.4 Å². The van der Waals surface area contributed by atoms with E-state index in [1.54, 1.807) is 17.6 Å². The fraction of sp³-hybridized carbons (Fsp3) is 0.241. The maximum absolute atomic E-state index is 13.7. The summed E-state index contributed by atoms with van der Waals surface area (Å²) in [5.74, 6) is -0.732. The van der Waals surface area contributed by atoms with Gasteiger partial charge in [-0.1, -0.05) is 43.3 Å². The summed E-state index contributed by atoms with van der Waals surface area (Å²) in [5.41, 5.74) is 4.42. The fourth-order valence-corrected chi connectivity index (χ4v) is 6.18. The van der Waals surface area contributed by atoms with Crippen LogP contribution in [0.3, 0.4) is 0 Å². The van der Waals surface area contributed by atoms with E-state index in [1.807, 2.05) is 36.4 Å². The van der Waals surface area contributed by atoms with E-state index in [0.717, 1.165) is 34.3 Å². The highest BCUT2D eigenvalue weighted by Gasteiger charge is 2.45. The molecule has 0 saturated carbocycles. The zero-order valence-corrected chi connectivity index (χ0v) is 21.5. The summed E-state index contributed by atoms with van der Waals surface area (Å²) < 4.78 is 6.88. The molecule has 2 aromatic carbocycles. The van der Waals surface area contributed by atoms with Gasteiger partial charge in [-0.2, -0.15) is 0 Å². The molecule has 0 radical (unpaired) electrons. The van der Waals surface area contributed by atoms with Crippen LogP contribution in [0.5, 0.6) is 0 Å². The molecule has 4 aromatic rings. The summed E-state index contributed by atoms with van der Waals surface area (Å²) in [4.78, 5) is 33.3. The van der Waals surface area contributed by atoms with Crippen molar-refractivity contribution in [3.63, 3.8) is 0 Å². The van der Waals surface area contributed by atoms with E-state index in [4.69, 9.17) is 21.9 Å². The number of hydrogen-bond donors (Lipinski definition) is 2. The molecule has 2 aromatic heterocycles. The Morgan fingerprint density at radius 1 is 1.13 bits per heavy atom. The third kappa shape index (κ3) is 3.12. The number of rotatable bonds is 4. The van der Waals surface area contributed by atoms with Crippen LogP contribution in [-0.2, 0) is 34.7 Å². The Bertz CT molecular complexity index is 1750. The molecule has 0 saturated heterocycles. The highest BCUT2D eigenvalue weighted by molar-refractivity contribution is 7.80. The van der Waals surface area contributed by atoms with E-state index >= 15 is 0 Å². The fourth-order valence-electron chi connectivity index (χ4n) is 5.89. The van der Waals surface area contributed by atoms with Gasteiger partial charge in [0.15, 0.2) is 10.7 Å². The first kappa shape index (κ1) is 23.1. The van der Waals surface area contributed by atoms with Crippen molar-refractivity contribution in [2.45, 2.75) is 38.5 Å². The predicted molar refractivity (Wildman–Crippen MR) is 148 cm³/mol. The molecule has 1 atom stereocenters. The molecule has 7 rings (SSSR count). The van der Waals surface area contributed by atoms with Gasteiger partial charge in [0.1, 0.15) is 6.61 Å². The number of hydrogen-bond acceptors (Lipinski definition) is 6. The van der Waals surface area contributed by atoms with E-state index in [0.29, 0.717) is 40.7 Å². The van der Waals surface area contributed by atoms with Crippen LogP contribution < -0.4 is 15.8 Å². The molecular weight excluding hydrogens is 500 g/mol. The molecule has 0 fully saturated rings. The maximum Gasteiger partial charge on any atom is 0.343 e. The van der Waals surface area contributed by atoms with Crippen molar-refractivity contribution in [3.05, 3.63) is 87.2 Å². The zero-order chi connectivity index (χ0) is 26.2. The van der Waals surface area contributed by atoms with Crippen LogP contribution in [0.4, 0.5) is 11.4 Å². The number of pyridine rings is 2. The van der Waals surface area contributed by atoms with Crippen molar-refractivity contribution < 1.29 is 14.6 Å². The first-order valence-corrected chi connectivity index (χ1v) is 13.1. The normalized spacial score (nSPS) is 19.1. The lowest BCUT2D eigenvalue weighted by Gasteiger charge is -2.34. The lowest BCUT2D eigenvalue weighted by Crippen LogP contribution is -2.44. The van der Waals surface area contributed by atoms with E-state index in [1.165, 1.54) is 5.56 Å². The largest absolute Gasteiger partial charge is 0.458 e. The predicted octanol–water partition coefficient (Wildman–Crippen LogP) is 3.84. The number of ether oxygens (including phenoxy) is 1. The molecule has 0 aliphatic carbocycles. The SMILES string of the molecule is CC[C@@]1(O)C(=O)OCc2c1cc1n(c2=O)Cc2c-1nc1cccc3c1c2N(CCc1ccccc1)C(=S)N3. The summed E-state index contributed by atoms with van der Waals surface area (Å²) in [6.07, 6.45) is 0.884. The molecule has 5 heterocycles. The number of nitrogens with zero attached hydrogens (tertiary/aromatic N) is 3. The van der Waals surface area contributed by atoms with Crippen LogP contribution in [0, 0.1) is 0 Å². The van der Waals surface area contributed by atoms with Crippen molar-refractivity contribution in [2.75, 3.05) is 16.8 Å². The number of carbonyl (C=O) groups is 1. The van der Waals surface area contributed by atoms with Gasteiger partial charge >= 0.3 is 5.97 Å². The minimum atomic E-state index is -1.86. The van der Waals surface area contributed by atoms with Gasteiger partial charge in [-0.05, 0) is 48.8 Å². The minimum absolute atomic E-state index is 0.0988. The monoisotopic (exact) mass is 524 g/mol. The number of cyclic esters (lactones) is 1. The van der Waals surface area contributed by atoms with Crippen molar-refractivity contribution in [1.82, 2.24) is 9.55 Å². The number of aliphatic hydroxyl groups is 1. The number of carbonyl (C=O) groups excluding carboxylic acids is 1. The van der Waals surface area contributed by atoms with Crippen LogP contribution in [0.2, 0.25) is 0 Å². The molecule has 3 aliphatic rings. The van der Waals surface area contributed by atoms with Crippen molar-refractivity contribution in [2.24, 2.45) is 0 Å². The molecule has 0 amide bonds. The van der Waals surface area contributed by atoms with Crippen molar-refractivity contribution in [1.29, 1.82) is 0 Å². The van der Waals surface area contributed by atoms with Gasteiger partial charge in [-0.3, -0.25) is 4.79 Å². The average Bonchev–Trinajstić information content (AvgIpc) is 3.30. The van der Waals surface area contributed by atoms with Crippen LogP contribution in [-0.4, -0.2) is 32.3 Å². The van der Waals surface area contributed by atoms with E-state index in [9.17, 15) is 14.7 Å². The topological polar surface area (TPSA) is 96.7 Å². The van der Waals surface area contributed by atoms with Crippen molar-refractivity contribution >= 4 is 45.6 Å². The van der Waals surface area contributed by atoms with Gasteiger partial charge in [0.25, 0.3) is 5.56 Å². The maximum atomic E-state index is 13.7. The molecule has 9 heteroatoms. The Hall–Kier alpha value is -4.08. The highest BCUT2D eigenvalue weighted by Crippen LogP contribution is 2.46. The minimum Gasteiger partial charge on any atom is -0.458 e. The summed E-state index contributed by atoms with van der Waals surface area (Å²) in [7, 11) is 0. The Morgan fingerprint density at radius 2 is 1.95 bits per heavy atom. The molecule has 3 aliphatic heterocycles. The van der Waals surface area contributed by atoms with Crippen LogP contribution in [0.1, 0.15) is 35.6 Å². The summed E-state index contributed by atoms with van der Waals surface area (Å²) in [6.45, 7) is 2.50. The van der Waals surface area contributed by atoms with E-state index < -0.39 is 11.6 Å². The summed E-state index contributed by atoms with van der Waals surface area (Å²) >= 11 is 5.83. The molecule has 38 heavy (non-hydrogen) atoms. The Balaban J connectivity index is 1.44. The van der Waals surface area contributed by atoms with Gasteiger partial charge in [-0.25, -0.2) is 9.78 Å². The van der Waals surface area contributed by atoms with E-state index in [-0.39, 0.29) is 18.6 Å².